The average molecular weight is 486 g/mol. The van der Waals surface area contributed by atoms with Crippen molar-refractivity contribution >= 4 is 43.3 Å². The van der Waals surface area contributed by atoms with Crippen molar-refractivity contribution in [2.24, 2.45) is 0 Å². The third-order valence-electron chi connectivity index (χ3n) is 4.79. The molecule has 0 spiro atoms. The third-order valence-corrected chi connectivity index (χ3v) is 5.11. The van der Waals surface area contributed by atoms with E-state index in [1.807, 2.05) is 42.5 Å². The zero-order chi connectivity index (χ0) is 23.9. The lowest BCUT2D eigenvalue weighted by molar-refractivity contribution is 0.103. The van der Waals surface area contributed by atoms with Gasteiger partial charge in [-0.25, -0.2) is 0 Å². The Morgan fingerprint density at radius 1 is 1.00 bits per heavy atom. The summed E-state index contributed by atoms with van der Waals surface area (Å²) in [6, 6.07) is 13.5. The van der Waals surface area contributed by atoms with Crippen molar-refractivity contribution in [3.63, 3.8) is 0 Å². The third kappa shape index (κ3) is 6.76. The molecule has 0 bridgehead atoms. The number of hydrogen-bond acceptors (Lipinski definition) is 7. The quantitative estimate of drug-likeness (QED) is 0.242. The van der Waals surface area contributed by atoms with Crippen molar-refractivity contribution in [1.82, 2.24) is 5.32 Å². The summed E-state index contributed by atoms with van der Waals surface area (Å²) in [5.41, 5.74) is 0.213. The van der Waals surface area contributed by atoms with Crippen molar-refractivity contribution in [2.45, 2.75) is 19.0 Å². The van der Waals surface area contributed by atoms with Crippen LogP contribution in [0.5, 0.6) is 5.75 Å². The summed E-state index contributed by atoms with van der Waals surface area (Å²) in [7, 11) is -3.67. The second-order valence-electron chi connectivity index (χ2n) is 7.55. The van der Waals surface area contributed by atoms with Crippen LogP contribution in [-0.2, 0) is 16.7 Å². The van der Waals surface area contributed by atoms with Gasteiger partial charge >= 0.3 is 0 Å². The Morgan fingerprint density at radius 3 is 2.12 bits per heavy atom. The van der Waals surface area contributed by atoms with Crippen LogP contribution in [0.4, 0.5) is 0 Å². The maximum absolute atomic E-state index is 9.59. The van der Waals surface area contributed by atoms with Gasteiger partial charge in [0.15, 0.2) is 0 Å². The number of aliphatic hydroxyl groups is 3. The largest absolute Gasteiger partial charge is 0.490 e. The molecule has 0 aliphatic carbocycles. The van der Waals surface area contributed by atoms with E-state index in [0.717, 1.165) is 27.1 Å². The molecule has 0 aliphatic heterocycles. The Hall–Kier alpha value is -1.98. The van der Waals surface area contributed by atoms with Crippen LogP contribution >= 0.6 is 11.6 Å². The molecule has 0 unspecified atom stereocenters. The van der Waals surface area contributed by atoms with Crippen LogP contribution in [0.2, 0.25) is 5.02 Å². The fourth-order valence-electron chi connectivity index (χ4n) is 3.18. The summed E-state index contributed by atoms with van der Waals surface area (Å²) in [6.45, 7) is 1.93. The lowest BCUT2D eigenvalue weighted by atomic mass is 9.94. The van der Waals surface area contributed by atoms with E-state index >= 15 is 0 Å². The van der Waals surface area contributed by atoms with Crippen molar-refractivity contribution in [3.8, 4) is 5.75 Å². The highest BCUT2D eigenvalue weighted by Gasteiger charge is 2.23. The van der Waals surface area contributed by atoms with Gasteiger partial charge in [0.05, 0.1) is 36.6 Å². The van der Waals surface area contributed by atoms with Crippen LogP contribution in [-0.4, -0.2) is 66.5 Å². The van der Waals surface area contributed by atoms with E-state index in [1.54, 1.807) is 6.92 Å². The highest BCUT2D eigenvalue weighted by atomic mass is 35.5. The molecule has 176 valence electrons. The van der Waals surface area contributed by atoms with Gasteiger partial charge in [-0.3, -0.25) is 4.55 Å². The molecule has 0 saturated carbocycles. The van der Waals surface area contributed by atoms with E-state index < -0.39 is 15.7 Å². The lowest BCUT2D eigenvalue weighted by Gasteiger charge is -2.27. The minimum Gasteiger partial charge on any atom is -0.490 e. The predicted octanol–water partition coefficient (Wildman–Crippen LogP) is 2.35. The topological polar surface area (TPSA) is 136 Å². The molecule has 0 saturated heterocycles. The zero-order valence-corrected chi connectivity index (χ0v) is 19.4. The SMILES string of the molecule is CC(CO)(CO)NCc1c2ccccc2c(OCCO)c2c(Cl)cccc12.CS(=O)(=O)O. The summed E-state index contributed by atoms with van der Waals surface area (Å²) < 4.78 is 31.7. The number of rotatable bonds is 8. The van der Waals surface area contributed by atoms with Gasteiger partial charge < -0.3 is 25.4 Å². The molecule has 5 N–H and O–H groups in total. The smallest absolute Gasteiger partial charge is 0.261 e. The first-order chi connectivity index (χ1) is 15.0. The molecular weight excluding hydrogens is 458 g/mol. The molecule has 0 fully saturated rings. The van der Waals surface area contributed by atoms with E-state index in [0.29, 0.717) is 23.6 Å². The number of benzene rings is 3. The van der Waals surface area contributed by atoms with Gasteiger partial charge in [-0.05, 0) is 29.3 Å². The van der Waals surface area contributed by atoms with Crippen LogP contribution in [0.25, 0.3) is 21.5 Å². The Labute approximate surface area is 192 Å². The predicted molar refractivity (Wildman–Crippen MR) is 126 cm³/mol. The molecule has 0 radical (unpaired) electrons. The summed E-state index contributed by atoms with van der Waals surface area (Å²) >= 11 is 6.52. The highest BCUT2D eigenvalue weighted by molar-refractivity contribution is 7.85. The summed E-state index contributed by atoms with van der Waals surface area (Å²) in [5, 5.41) is 35.8. The number of aliphatic hydroxyl groups excluding tert-OH is 3. The van der Waals surface area contributed by atoms with Crippen molar-refractivity contribution in [1.29, 1.82) is 0 Å². The monoisotopic (exact) mass is 485 g/mol. The maximum atomic E-state index is 9.59. The van der Waals surface area contributed by atoms with Crippen molar-refractivity contribution in [3.05, 3.63) is 53.1 Å². The molecule has 0 amide bonds. The van der Waals surface area contributed by atoms with Crippen LogP contribution < -0.4 is 10.1 Å². The summed E-state index contributed by atoms with van der Waals surface area (Å²) in [6.07, 6.45) is 0.715. The summed E-state index contributed by atoms with van der Waals surface area (Å²) in [4.78, 5) is 0. The number of nitrogens with one attached hydrogen (secondary N) is 1. The van der Waals surface area contributed by atoms with E-state index in [2.05, 4.69) is 5.32 Å². The first-order valence-corrected chi connectivity index (χ1v) is 12.0. The Bertz CT molecular complexity index is 1160. The Balaban J connectivity index is 0.000000654. The molecule has 8 nitrogen and oxygen atoms in total. The van der Waals surface area contributed by atoms with E-state index in [9.17, 15) is 23.7 Å². The molecule has 32 heavy (non-hydrogen) atoms. The summed E-state index contributed by atoms with van der Waals surface area (Å²) in [5.74, 6) is 0.649. The Morgan fingerprint density at radius 2 is 1.56 bits per heavy atom. The molecule has 3 rings (SSSR count). The zero-order valence-electron chi connectivity index (χ0n) is 17.9. The number of ether oxygens (including phenoxy) is 1. The van der Waals surface area contributed by atoms with Gasteiger partial charge in [0, 0.05) is 17.3 Å². The fraction of sp³-hybridized carbons (Fsp3) is 0.364. The Kier molecular flexibility index (Phi) is 9.23. The molecule has 3 aromatic carbocycles. The first-order valence-electron chi connectivity index (χ1n) is 9.79. The number of fused-ring (bicyclic) bond motifs is 2. The maximum Gasteiger partial charge on any atom is 0.261 e. The molecule has 0 atom stereocenters. The fourth-order valence-corrected chi connectivity index (χ4v) is 3.44. The average Bonchev–Trinajstić information content (AvgIpc) is 2.75. The van der Waals surface area contributed by atoms with Crippen molar-refractivity contribution in [2.75, 3.05) is 32.7 Å². The number of halogens is 1. The van der Waals surface area contributed by atoms with Gasteiger partial charge in [0.2, 0.25) is 0 Å². The molecule has 0 aliphatic rings. The van der Waals surface area contributed by atoms with Crippen LogP contribution in [0.15, 0.2) is 42.5 Å². The minimum atomic E-state index is -3.67. The minimum absolute atomic E-state index is 0.0884. The lowest BCUT2D eigenvalue weighted by Crippen LogP contribution is -2.48. The number of hydrogen-bond donors (Lipinski definition) is 5. The molecule has 3 aromatic rings. The van der Waals surface area contributed by atoms with Crippen LogP contribution in [0.3, 0.4) is 0 Å². The van der Waals surface area contributed by atoms with Gasteiger partial charge in [-0.2, -0.15) is 8.42 Å². The van der Waals surface area contributed by atoms with Gasteiger partial charge in [-0.1, -0.05) is 48.0 Å². The molecule has 0 aromatic heterocycles. The normalized spacial score (nSPS) is 12.0. The molecule has 10 heteroatoms. The van der Waals surface area contributed by atoms with Crippen LogP contribution in [0.1, 0.15) is 12.5 Å². The first kappa shape index (κ1) is 26.3. The molecular formula is C22H28ClNO7S. The standard InChI is InChI=1S/C21H24ClNO4.CH4O3S/c1-21(12-25,13-26)23-11-17-14-5-2-3-6-16(14)20(27-10-9-24)19-15(17)7-4-8-18(19)22;1-5(2,3)4/h2-8,23-26H,9-13H2,1H3;1H3,(H,2,3,4). The van der Waals surface area contributed by atoms with Gasteiger partial charge in [-0.15, -0.1) is 0 Å². The van der Waals surface area contributed by atoms with E-state index in [4.69, 9.17) is 20.9 Å². The van der Waals surface area contributed by atoms with Gasteiger partial charge in [0.25, 0.3) is 10.1 Å². The van der Waals surface area contributed by atoms with Crippen LogP contribution in [0, 0.1) is 0 Å². The van der Waals surface area contributed by atoms with E-state index in [-0.39, 0.29) is 26.4 Å². The van der Waals surface area contributed by atoms with Crippen molar-refractivity contribution < 1.29 is 33.0 Å². The van der Waals surface area contributed by atoms with E-state index in [1.165, 1.54) is 0 Å². The molecule has 0 heterocycles. The second kappa shape index (κ2) is 11.2. The second-order valence-corrected chi connectivity index (χ2v) is 9.42. The highest BCUT2D eigenvalue weighted by Crippen LogP contribution is 2.41. The van der Waals surface area contributed by atoms with Gasteiger partial charge in [0.1, 0.15) is 12.4 Å².